The number of hydrogen-bond donors (Lipinski definition) is 2. The fraction of sp³-hybridized carbons (Fsp3) is 0.556. The first-order valence-electron chi connectivity index (χ1n) is 4.11. The van der Waals surface area contributed by atoms with Crippen LogP contribution in [0.3, 0.4) is 0 Å². The second-order valence-corrected chi connectivity index (χ2v) is 3.42. The number of hydrogen-bond acceptors (Lipinski definition) is 2. The van der Waals surface area contributed by atoms with Crippen LogP contribution in [0.2, 0.25) is 0 Å². The molecular formula is C9H14Na2O3S. The quantitative estimate of drug-likeness (QED) is 0.445. The Morgan fingerprint density at radius 2 is 1.67 bits per heavy atom. The zero-order valence-electron chi connectivity index (χ0n) is 10.00. The van der Waals surface area contributed by atoms with Gasteiger partial charge in [0, 0.05) is 70.3 Å². The standard InChI is InChI=1S/C9H14O3S.2Na/c1-4-6(8(10)11)7(5(2)3)9(12)13;;/h5H,4H2,1-3H3,(H,10,11)(H,12,13);;/b7-6-;;. The molecule has 0 amide bonds. The second kappa shape index (κ2) is 10.4. The third-order valence-electron chi connectivity index (χ3n) is 1.74. The number of carbonyl (C=O) groups excluding carboxylic acids is 1. The van der Waals surface area contributed by atoms with Crippen LogP contribution in [0.25, 0.3) is 0 Å². The Labute approximate surface area is 140 Å². The SMILES string of the molecule is CC/C(C(=O)O)=C(/C(=O)S)C(C)C.[Na].[Na]. The zero-order valence-corrected chi connectivity index (χ0v) is 14.9. The van der Waals surface area contributed by atoms with Gasteiger partial charge in [0.05, 0.1) is 0 Å². The molecule has 3 nitrogen and oxygen atoms in total. The van der Waals surface area contributed by atoms with Crippen molar-refractivity contribution in [3.05, 3.63) is 11.1 Å². The molecule has 1 N–H and O–H groups in total. The summed E-state index contributed by atoms with van der Waals surface area (Å²) < 4.78 is 0. The Bertz CT molecular complexity index is 262. The molecule has 6 heteroatoms. The Morgan fingerprint density at radius 1 is 1.27 bits per heavy atom. The molecule has 0 aromatic heterocycles. The molecule has 2 radical (unpaired) electrons. The third-order valence-corrected chi connectivity index (χ3v) is 1.99. The summed E-state index contributed by atoms with van der Waals surface area (Å²) in [6.45, 7) is 5.27. The van der Waals surface area contributed by atoms with E-state index in [0.717, 1.165) is 0 Å². The van der Waals surface area contributed by atoms with Gasteiger partial charge in [-0.2, -0.15) is 0 Å². The van der Waals surface area contributed by atoms with Gasteiger partial charge >= 0.3 is 5.97 Å². The van der Waals surface area contributed by atoms with E-state index in [-0.39, 0.29) is 70.6 Å². The van der Waals surface area contributed by atoms with Gasteiger partial charge in [-0.25, -0.2) is 4.79 Å². The van der Waals surface area contributed by atoms with E-state index in [0.29, 0.717) is 12.0 Å². The topological polar surface area (TPSA) is 54.4 Å². The number of aliphatic carboxylic acids is 1. The summed E-state index contributed by atoms with van der Waals surface area (Å²) in [6, 6.07) is 0. The van der Waals surface area contributed by atoms with Crippen molar-refractivity contribution in [2.75, 3.05) is 0 Å². The van der Waals surface area contributed by atoms with Gasteiger partial charge in [0.15, 0.2) is 0 Å². The van der Waals surface area contributed by atoms with Crippen molar-refractivity contribution in [3.8, 4) is 0 Å². The van der Waals surface area contributed by atoms with E-state index in [1.807, 2.05) is 0 Å². The first-order valence-corrected chi connectivity index (χ1v) is 4.56. The molecule has 0 aromatic carbocycles. The monoisotopic (exact) mass is 248 g/mol. The number of carbonyl (C=O) groups is 2. The zero-order chi connectivity index (χ0) is 10.6. The Hall–Kier alpha value is 1.23. The van der Waals surface area contributed by atoms with Crippen LogP contribution >= 0.6 is 12.6 Å². The van der Waals surface area contributed by atoms with Crippen LogP contribution in [-0.2, 0) is 9.59 Å². The van der Waals surface area contributed by atoms with Crippen LogP contribution in [0.15, 0.2) is 11.1 Å². The number of carboxylic acids is 1. The van der Waals surface area contributed by atoms with Crippen molar-refractivity contribution in [1.29, 1.82) is 0 Å². The van der Waals surface area contributed by atoms with Gasteiger partial charge in [-0.3, -0.25) is 4.79 Å². The van der Waals surface area contributed by atoms with E-state index in [9.17, 15) is 9.59 Å². The van der Waals surface area contributed by atoms with Gasteiger partial charge in [0.2, 0.25) is 5.12 Å². The second-order valence-electron chi connectivity index (χ2n) is 3.01. The van der Waals surface area contributed by atoms with E-state index in [2.05, 4.69) is 12.6 Å². The molecule has 0 aliphatic carbocycles. The largest absolute Gasteiger partial charge is 0.478 e. The molecule has 0 bridgehead atoms. The molecule has 0 aliphatic rings. The number of rotatable bonds is 4. The van der Waals surface area contributed by atoms with Gasteiger partial charge in [0.1, 0.15) is 0 Å². The summed E-state index contributed by atoms with van der Waals surface area (Å²) in [5.41, 5.74) is 0.466. The van der Waals surface area contributed by atoms with Gasteiger partial charge in [-0.05, 0) is 12.3 Å². The van der Waals surface area contributed by atoms with Gasteiger partial charge in [-0.15, -0.1) is 12.6 Å². The molecule has 0 aliphatic heterocycles. The Morgan fingerprint density at radius 3 is 1.73 bits per heavy atom. The Kier molecular flexibility index (Phi) is 14.9. The van der Waals surface area contributed by atoms with Gasteiger partial charge in [0.25, 0.3) is 0 Å². The number of thiol groups is 1. The van der Waals surface area contributed by atoms with Crippen molar-refractivity contribution >= 4 is 82.8 Å². The first kappa shape index (κ1) is 21.5. The summed E-state index contributed by atoms with van der Waals surface area (Å²) in [5.74, 6) is -1.13. The van der Waals surface area contributed by atoms with Crippen molar-refractivity contribution in [1.82, 2.24) is 0 Å². The summed E-state index contributed by atoms with van der Waals surface area (Å²) in [6.07, 6.45) is 0.342. The third kappa shape index (κ3) is 7.21. The molecule has 0 fully saturated rings. The summed E-state index contributed by atoms with van der Waals surface area (Å²) in [4.78, 5) is 21.8. The predicted octanol–water partition coefficient (Wildman–Crippen LogP) is 1.13. The molecule has 0 unspecified atom stereocenters. The van der Waals surface area contributed by atoms with Crippen LogP contribution in [0, 0.1) is 5.92 Å². The predicted molar refractivity (Wildman–Crippen MR) is 65.3 cm³/mol. The maximum atomic E-state index is 11.0. The van der Waals surface area contributed by atoms with Crippen molar-refractivity contribution in [2.24, 2.45) is 5.92 Å². The molecule has 0 rings (SSSR count). The smallest absolute Gasteiger partial charge is 0.331 e. The van der Waals surface area contributed by atoms with E-state index in [1.165, 1.54) is 0 Å². The van der Waals surface area contributed by atoms with Crippen molar-refractivity contribution in [3.63, 3.8) is 0 Å². The summed E-state index contributed by atoms with van der Waals surface area (Å²) >= 11 is 3.66. The summed E-state index contributed by atoms with van der Waals surface area (Å²) in [5, 5.41) is 8.35. The molecule has 0 aromatic rings. The van der Waals surface area contributed by atoms with Crippen LogP contribution < -0.4 is 0 Å². The minimum absolute atomic E-state index is 0. The molecule has 0 saturated carbocycles. The summed E-state index contributed by atoms with van der Waals surface area (Å²) in [7, 11) is 0. The van der Waals surface area contributed by atoms with Crippen molar-refractivity contribution in [2.45, 2.75) is 27.2 Å². The van der Waals surface area contributed by atoms with Crippen LogP contribution in [0.5, 0.6) is 0 Å². The van der Waals surface area contributed by atoms with Crippen LogP contribution in [-0.4, -0.2) is 75.3 Å². The molecule has 15 heavy (non-hydrogen) atoms. The fourth-order valence-corrected chi connectivity index (χ4v) is 1.57. The minimum Gasteiger partial charge on any atom is -0.478 e. The van der Waals surface area contributed by atoms with E-state index < -0.39 is 11.1 Å². The van der Waals surface area contributed by atoms with Crippen molar-refractivity contribution < 1.29 is 14.7 Å². The van der Waals surface area contributed by atoms with E-state index in [4.69, 9.17) is 5.11 Å². The number of carboxylic acid groups (broad SMARTS) is 1. The van der Waals surface area contributed by atoms with E-state index >= 15 is 0 Å². The minimum atomic E-state index is -1.03. The van der Waals surface area contributed by atoms with E-state index in [1.54, 1.807) is 20.8 Å². The van der Waals surface area contributed by atoms with Gasteiger partial charge < -0.3 is 5.11 Å². The van der Waals surface area contributed by atoms with Crippen LogP contribution in [0.4, 0.5) is 0 Å². The van der Waals surface area contributed by atoms with Crippen LogP contribution in [0.1, 0.15) is 27.2 Å². The molecule has 0 saturated heterocycles. The molecule has 0 atom stereocenters. The Balaban J connectivity index is -0.000000720. The fourth-order valence-electron chi connectivity index (χ4n) is 1.18. The molecule has 76 valence electrons. The molecule has 0 spiro atoms. The first-order chi connectivity index (χ1) is 5.91. The average Bonchev–Trinajstić information content (AvgIpc) is 1.97. The maximum absolute atomic E-state index is 11.0. The normalized spacial score (nSPS) is 11.0. The molecular weight excluding hydrogens is 234 g/mol. The van der Waals surface area contributed by atoms with Gasteiger partial charge in [-0.1, -0.05) is 20.8 Å². The average molecular weight is 248 g/mol. The molecule has 0 heterocycles. The maximum Gasteiger partial charge on any atom is 0.331 e.